The molecule has 0 aliphatic carbocycles. The molecule has 170 valence electrons. The molecule has 1 atom stereocenters. The first-order valence-electron chi connectivity index (χ1n) is 10.8. The summed E-state index contributed by atoms with van der Waals surface area (Å²) in [5.74, 6) is -0.0194. The number of anilines is 2. The Morgan fingerprint density at radius 1 is 1.00 bits per heavy atom. The highest BCUT2D eigenvalue weighted by atomic mass is 35.5. The van der Waals surface area contributed by atoms with Crippen LogP contribution in [-0.4, -0.2) is 41.9 Å². The van der Waals surface area contributed by atoms with Crippen LogP contribution in [0.5, 0.6) is 0 Å². The lowest BCUT2D eigenvalue weighted by atomic mass is 10.1. The minimum Gasteiger partial charge on any atom is -0.373 e. The number of nitrogens with zero attached hydrogens (tertiary/aromatic N) is 3. The lowest BCUT2D eigenvalue weighted by molar-refractivity contribution is -0.384. The fourth-order valence-electron chi connectivity index (χ4n) is 4.00. The predicted molar refractivity (Wildman–Crippen MR) is 131 cm³/mol. The number of nitrogens with one attached hydrogen (secondary N) is 1. The van der Waals surface area contributed by atoms with Crippen LogP contribution in [0.15, 0.2) is 72.8 Å². The normalized spacial score (nSPS) is 14.6. The average molecular weight is 465 g/mol. The van der Waals surface area contributed by atoms with Crippen LogP contribution in [0.2, 0.25) is 5.02 Å². The summed E-state index contributed by atoms with van der Waals surface area (Å²) in [5, 5.41) is 15.5. The second-order valence-corrected chi connectivity index (χ2v) is 8.46. The molecule has 0 aromatic heterocycles. The molecule has 0 radical (unpaired) electrons. The number of carbonyl (C=O) groups is 1. The van der Waals surface area contributed by atoms with Crippen LogP contribution >= 0.6 is 11.6 Å². The fraction of sp³-hybridized carbons (Fsp3) is 0.240. The summed E-state index contributed by atoms with van der Waals surface area (Å²) in [5.41, 5.74) is 3.07. The van der Waals surface area contributed by atoms with Gasteiger partial charge in [0.05, 0.1) is 4.92 Å². The van der Waals surface area contributed by atoms with E-state index in [1.165, 1.54) is 0 Å². The molecule has 1 fully saturated rings. The summed E-state index contributed by atoms with van der Waals surface area (Å²) in [6.07, 6.45) is 0. The molecule has 3 aromatic carbocycles. The Hall–Kier alpha value is -3.58. The molecule has 4 rings (SSSR count). The Morgan fingerprint density at radius 3 is 2.30 bits per heavy atom. The number of nitro groups is 1. The van der Waals surface area contributed by atoms with Crippen LogP contribution in [0.4, 0.5) is 17.1 Å². The van der Waals surface area contributed by atoms with Crippen LogP contribution in [0, 0.1) is 10.1 Å². The maximum atomic E-state index is 12.8. The van der Waals surface area contributed by atoms with Crippen LogP contribution in [0.3, 0.4) is 0 Å². The van der Waals surface area contributed by atoms with E-state index in [0.29, 0.717) is 42.5 Å². The predicted octanol–water partition coefficient (Wildman–Crippen LogP) is 5.38. The molecule has 1 heterocycles. The molecule has 1 amide bonds. The van der Waals surface area contributed by atoms with E-state index in [-0.39, 0.29) is 22.6 Å². The van der Waals surface area contributed by atoms with Crippen LogP contribution in [0.25, 0.3) is 0 Å². The van der Waals surface area contributed by atoms with Crippen molar-refractivity contribution in [2.75, 3.05) is 36.4 Å². The van der Waals surface area contributed by atoms with E-state index >= 15 is 0 Å². The number of rotatable bonds is 6. The number of amides is 1. The molecule has 1 aliphatic heterocycles. The number of nitro benzene ring substituents is 1. The van der Waals surface area contributed by atoms with Gasteiger partial charge in [0.1, 0.15) is 5.69 Å². The maximum absolute atomic E-state index is 12.8. The number of carbonyl (C=O) groups excluding carboxylic acids is 1. The lowest BCUT2D eigenvalue weighted by Crippen LogP contribution is -2.48. The lowest BCUT2D eigenvalue weighted by Gasteiger charge is -2.36. The smallest absolute Gasteiger partial charge is 0.292 e. The van der Waals surface area contributed by atoms with Gasteiger partial charge in [-0.2, -0.15) is 0 Å². The van der Waals surface area contributed by atoms with Gasteiger partial charge in [0.2, 0.25) is 0 Å². The van der Waals surface area contributed by atoms with Gasteiger partial charge in [-0.05, 0) is 48.9 Å². The van der Waals surface area contributed by atoms with Crippen molar-refractivity contribution in [3.05, 3.63) is 99.1 Å². The van der Waals surface area contributed by atoms with E-state index in [1.54, 1.807) is 36.4 Å². The van der Waals surface area contributed by atoms with E-state index in [1.807, 2.05) is 48.2 Å². The summed E-state index contributed by atoms with van der Waals surface area (Å²) < 4.78 is 0. The molecule has 3 aromatic rings. The number of piperazine rings is 1. The van der Waals surface area contributed by atoms with Crippen molar-refractivity contribution < 1.29 is 9.72 Å². The SMILES string of the molecule is C[C@H](Nc1cc(N2CCN(C(=O)c3ccc(Cl)cc3)CC2)ccc1[N+](=O)[O-])c1ccccc1. The number of benzene rings is 3. The standard InChI is InChI=1S/C25H25ClN4O3/c1-18(19-5-3-2-4-6-19)27-23-17-22(11-12-24(23)30(32)33)28-13-15-29(16-14-28)25(31)20-7-9-21(26)10-8-20/h2-12,17-18,27H,13-16H2,1H3/t18-/m0/s1. The van der Waals surface area contributed by atoms with Gasteiger partial charge in [-0.15, -0.1) is 0 Å². The molecule has 7 nitrogen and oxygen atoms in total. The summed E-state index contributed by atoms with van der Waals surface area (Å²) in [6, 6.07) is 21.8. The monoisotopic (exact) mass is 464 g/mol. The number of halogens is 1. The van der Waals surface area contributed by atoms with Gasteiger partial charge in [0.15, 0.2) is 0 Å². The topological polar surface area (TPSA) is 78.7 Å². The third-order valence-corrected chi connectivity index (χ3v) is 6.12. The Morgan fingerprint density at radius 2 is 1.67 bits per heavy atom. The molecule has 0 bridgehead atoms. The number of hydrogen-bond donors (Lipinski definition) is 1. The van der Waals surface area contributed by atoms with Crippen molar-refractivity contribution in [1.29, 1.82) is 0 Å². The highest BCUT2D eigenvalue weighted by Gasteiger charge is 2.24. The van der Waals surface area contributed by atoms with Gasteiger partial charge in [-0.3, -0.25) is 14.9 Å². The first-order chi connectivity index (χ1) is 15.9. The fourth-order valence-corrected chi connectivity index (χ4v) is 4.12. The second-order valence-electron chi connectivity index (χ2n) is 8.02. The average Bonchev–Trinajstić information content (AvgIpc) is 2.84. The van der Waals surface area contributed by atoms with E-state index in [2.05, 4.69) is 10.2 Å². The molecule has 1 saturated heterocycles. The van der Waals surface area contributed by atoms with E-state index in [0.717, 1.165) is 11.3 Å². The van der Waals surface area contributed by atoms with Gasteiger partial charge in [-0.1, -0.05) is 41.9 Å². The van der Waals surface area contributed by atoms with Crippen LogP contribution in [-0.2, 0) is 0 Å². The molecule has 1 aliphatic rings. The van der Waals surface area contributed by atoms with Crippen molar-refractivity contribution in [1.82, 2.24) is 4.90 Å². The van der Waals surface area contributed by atoms with Crippen LogP contribution in [0.1, 0.15) is 28.9 Å². The summed E-state index contributed by atoms with van der Waals surface area (Å²) in [7, 11) is 0. The van der Waals surface area contributed by atoms with Crippen molar-refractivity contribution in [3.63, 3.8) is 0 Å². The van der Waals surface area contributed by atoms with E-state index < -0.39 is 0 Å². The minimum atomic E-state index is -0.369. The van der Waals surface area contributed by atoms with Crippen molar-refractivity contribution >= 4 is 34.6 Å². The van der Waals surface area contributed by atoms with Crippen molar-refractivity contribution in [3.8, 4) is 0 Å². The zero-order valence-electron chi connectivity index (χ0n) is 18.3. The molecule has 1 N–H and O–H groups in total. The highest BCUT2D eigenvalue weighted by Crippen LogP contribution is 2.33. The summed E-state index contributed by atoms with van der Waals surface area (Å²) in [6.45, 7) is 4.41. The molecule has 0 saturated carbocycles. The molecule has 0 unspecified atom stereocenters. The van der Waals surface area contributed by atoms with Gasteiger partial charge in [-0.25, -0.2) is 0 Å². The first kappa shape index (κ1) is 22.6. The van der Waals surface area contributed by atoms with Gasteiger partial charge < -0.3 is 15.1 Å². The van der Waals surface area contributed by atoms with Gasteiger partial charge in [0.25, 0.3) is 11.6 Å². The van der Waals surface area contributed by atoms with E-state index in [9.17, 15) is 14.9 Å². The van der Waals surface area contributed by atoms with E-state index in [4.69, 9.17) is 11.6 Å². The molecule has 8 heteroatoms. The quantitative estimate of drug-likeness (QED) is 0.391. The minimum absolute atomic E-state index is 0.0194. The molecule has 0 spiro atoms. The first-order valence-corrected chi connectivity index (χ1v) is 11.2. The Bertz CT molecular complexity index is 1130. The van der Waals surface area contributed by atoms with Crippen molar-refractivity contribution in [2.24, 2.45) is 0 Å². The van der Waals surface area contributed by atoms with Crippen LogP contribution < -0.4 is 10.2 Å². The molecular formula is C25H25ClN4O3. The number of hydrogen-bond acceptors (Lipinski definition) is 5. The zero-order valence-corrected chi connectivity index (χ0v) is 19.0. The zero-order chi connectivity index (χ0) is 23.4. The Balaban J connectivity index is 1.47. The maximum Gasteiger partial charge on any atom is 0.292 e. The van der Waals surface area contributed by atoms with Gasteiger partial charge in [0, 0.05) is 54.6 Å². The highest BCUT2D eigenvalue weighted by molar-refractivity contribution is 6.30. The summed E-state index contributed by atoms with van der Waals surface area (Å²) in [4.78, 5) is 28.0. The largest absolute Gasteiger partial charge is 0.373 e. The third-order valence-electron chi connectivity index (χ3n) is 5.87. The Kier molecular flexibility index (Phi) is 6.79. The molecular weight excluding hydrogens is 440 g/mol. The second kappa shape index (κ2) is 9.92. The van der Waals surface area contributed by atoms with Gasteiger partial charge >= 0.3 is 0 Å². The summed E-state index contributed by atoms with van der Waals surface area (Å²) >= 11 is 5.92. The molecule has 33 heavy (non-hydrogen) atoms. The third kappa shape index (κ3) is 5.26. The Labute approximate surface area is 197 Å². The van der Waals surface area contributed by atoms with Crippen molar-refractivity contribution in [2.45, 2.75) is 13.0 Å².